The Bertz CT molecular complexity index is 161. The van der Waals surface area contributed by atoms with E-state index in [0.717, 1.165) is 0 Å². The van der Waals surface area contributed by atoms with Crippen LogP contribution in [0.5, 0.6) is 0 Å². The zero-order chi connectivity index (χ0) is 7.98. The second kappa shape index (κ2) is 5.06. The van der Waals surface area contributed by atoms with E-state index in [0.29, 0.717) is 5.17 Å². The van der Waals surface area contributed by atoms with Gasteiger partial charge in [0.25, 0.3) is 0 Å². The van der Waals surface area contributed by atoms with E-state index in [1.165, 1.54) is 0 Å². The molecule has 0 heterocycles. The molecule has 0 spiro atoms. The van der Waals surface area contributed by atoms with Gasteiger partial charge in [-0.05, 0) is 13.0 Å². The summed E-state index contributed by atoms with van der Waals surface area (Å²) < 4.78 is 0. The maximum absolute atomic E-state index is 5.63. The second-order valence-electron chi connectivity index (χ2n) is 1.68. The highest BCUT2D eigenvalue weighted by Crippen LogP contribution is 1.92. The highest BCUT2D eigenvalue weighted by atomic mass is 35.5. The van der Waals surface area contributed by atoms with E-state index < -0.39 is 0 Å². The van der Waals surface area contributed by atoms with E-state index >= 15 is 0 Å². The molecule has 10 heavy (non-hydrogen) atoms. The number of hydrogen-bond donors (Lipinski definition) is 0. The summed E-state index contributed by atoms with van der Waals surface area (Å²) in [5.74, 6) is 0. The van der Waals surface area contributed by atoms with Crippen molar-refractivity contribution in [3.8, 4) is 0 Å². The molecule has 0 radical (unpaired) electrons. The van der Waals surface area contributed by atoms with Gasteiger partial charge in [0.15, 0.2) is 0 Å². The first kappa shape index (κ1) is 9.24. The third-order valence-corrected chi connectivity index (χ3v) is 1.02. The highest BCUT2D eigenvalue weighted by Gasteiger charge is 1.86. The van der Waals surface area contributed by atoms with Crippen molar-refractivity contribution in [2.45, 2.75) is 6.92 Å². The van der Waals surface area contributed by atoms with Gasteiger partial charge in [0.2, 0.25) is 0 Å². The van der Waals surface area contributed by atoms with Gasteiger partial charge in [0, 0.05) is 13.2 Å². The summed E-state index contributed by atoms with van der Waals surface area (Å²) in [6.07, 6.45) is 5.11. The van der Waals surface area contributed by atoms with E-state index in [4.69, 9.17) is 11.6 Å². The Labute approximate surface area is 66.5 Å². The largest absolute Gasteiger partial charge is 0.275 e. The lowest BCUT2D eigenvalue weighted by atomic mass is 10.6. The van der Waals surface area contributed by atoms with Gasteiger partial charge in [0.1, 0.15) is 5.17 Å². The molecule has 0 saturated carbocycles. The summed E-state index contributed by atoms with van der Waals surface area (Å²) in [7, 11) is 1.76. The fourth-order valence-electron chi connectivity index (χ4n) is 0.362. The van der Waals surface area contributed by atoms with Gasteiger partial charge in [-0.2, -0.15) is 5.10 Å². The van der Waals surface area contributed by atoms with E-state index in [-0.39, 0.29) is 0 Å². The topological polar surface area (TPSA) is 15.6 Å². The smallest absolute Gasteiger partial charge is 0.149 e. The molecule has 0 atom stereocenters. The first-order valence-electron chi connectivity index (χ1n) is 2.93. The number of halogens is 1. The number of rotatable bonds is 3. The van der Waals surface area contributed by atoms with Crippen LogP contribution in [0.3, 0.4) is 0 Å². The minimum Gasteiger partial charge on any atom is -0.275 e. The second-order valence-corrected chi connectivity index (χ2v) is 2.07. The Hall–Kier alpha value is -0.760. The molecule has 56 valence electrons. The van der Waals surface area contributed by atoms with Crippen LogP contribution < -0.4 is 0 Å². The third-order valence-electron chi connectivity index (χ3n) is 0.822. The summed E-state index contributed by atoms with van der Waals surface area (Å²) in [5, 5.41) is 5.89. The predicted molar refractivity (Wildman–Crippen MR) is 46.1 cm³/mol. The summed E-state index contributed by atoms with van der Waals surface area (Å²) in [6.45, 7) is 5.39. The molecule has 0 amide bonds. The average Bonchev–Trinajstić information content (AvgIpc) is 1.88. The molecular weight excluding hydrogens is 148 g/mol. The molecule has 0 unspecified atom stereocenters. The van der Waals surface area contributed by atoms with E-state index in [1.54, 1.807) is 24.3 Å². The summed E-state index contributed by atoms with van der Waals surface area (Å²) in [5.41, 5.74) is 0. The van der Waals surface area contributed by atoms with Gasteiger partial charge >= 0.3 is 0 Å². The Kier molecular flexibility index (Phi) is 4.67. The zero-order valence-electron chi connectivity index (χ0n) is 6.21. The van der Waals surface area contributed by atoms with E-state index in [2.05, 4.69) is 11.7 Å². The van der Waals surface area contributed by atoms with Crippen LogP contribution >= 0.6 is 11.6 Å². The van der Waals surface area contributed by atoms with Gasteiger partial charge in [-0.3, -0.25) is 5.01 Å². The molecular formula is C7H11ClN2. The molecule has 0 aromatic carbocycles. The molecule has 0 aliphatic heterocycles. The molecule has 0 aliphatic rings. The highest BCUT2D eigenvalue weighted by molar-refractivity contribution is 6.68. The maximum Gasteiger partial charge on any atom is 0.149 e. The van der Waals surface area contributed by atoms with Crippen molar-refractivity contribution in [1.82, 2.24) is 5.01 Å². The van der Waals surface area contributed by atoms with Crippen LogP contribution in [-0.2, 0) is 0 Å². The van der Waals surface area contributed by atoms with Crippen molar-refractivity contribution in [1.29, 1.82) is 0 Å². The van der Waals surface area contributed by atoms with E-state index in [1.807, 2.05) is 13.0 Å². The van der Waals surface area contributed by atoms with Crippen LogP contribution in [0.25, 0.3) is 0 Å². The lowest BCUT2D eigenvalue weighted by Gasteiger charge is -2.03. The first-order valence-corrected chi connectivity index (χ1v) is 3.30. The van der Waals surface area contributed by atoms with E-state index in [9.17, 15) is 0 Å². The SMILES string of the molecule is C=CN(C)/N=C(Cl)\C=C/C. The lowest BCUT2D eigenvalue weighted by Crippen LogP contribution is -2.01. The van der Waals surface area contributed by atoms with Crippen molar-refractivity contribution in [3.63, 3.8) is 0 Å². The fraction of sp³-hybridized carbons (Fsp3) is 0.286. The van der Waals surface area contributed by atoms with Gasteiger partial charge in [-0.25, -0.2) is 0 Å². The van der Waals surface area contributed by atoms with Gasteiger partial charge in [-0.15, -0.1) is 0 Å². The van der Waals surface area contributed by atoms with Crippen LogP contribution in [0.1, 0.15) is 6.92 Å². The Morgan fingerprint density at radius 2 is 2.30 bits per heavy atom. The predicted octanol–water partition coefficient (Wildman–Crippen LogP) is 2.19. The molecule has 0 aliphatic carbocycles. The summed E-state index contributed by atoms with van der Waals surface area (Å²) in [4.78, 5) is 0. The molecule has 0 N–H and O–H groups in total. The number of hydrogen-bond acceptors (Lipinski definition) is 2. The maximum atomic E-state index is 5.63. The monoisotopic (exact) mass is 158 g/mol. The minimum absolute atomic E-state index is 0.449. The molecule has 0 rings (SSSR count). The van der Waals surface area contributed by atoms with Crippen molar-refractivity contribution >= 4 is 16.8 Å². The van der Waals surface area contributed by atoms with Crippen molar-refractivity contribution in [2.24, 2.45) is 5.10 Å². The van der Waals surface area contributed by atoms with Crippen LogP contribution in [0, 0.1) is 0 Å². The molecule has 0 aromatic heterocycles. The Morgan fingerprint density at radius 1 is 1.70 bits per heavy atom. The molecule has 0 fully saturated rings. The molecule has 2 nitrogen and oxygen atoms in total. The van der Waals surface area contributed by atoms with Gasteiger partial charge in [0.05, 0.1) is 0 Å². The first-order chi connectivity index (χ1) is 4.70. The van der Waals surface area contributed by atoms with Gasteiger partial charge in [-0.1, -0.05) is 24.3 Å². The molecule has 0 bridgehead atoms. The van der Waals surface area contributed by atoms with Gasteiger partial charge < -0.3 is 0 Å². The quantitative estimate of drug-likeness (QED) is 0.454. The van der Waals surface area contributed by atoms with Crippen molar-refractivity contribution in [2.75, 3.05) is 7.05 Å². The Balaban J connectivity index is 4.01. The molecule has 3 heteroatoms. The van der Waals surface area contributed by atoms with Crippen LogP contribution in [0.15, 0.2) is 30.0 Å². The number of allylic oxidation sites excluding steroid dienone is 2. The fourth-order valence-corrected chi connectivity index (χ4v) is 0.608. The number of hydrazone groups is 1. The van der Waals surface area contributed by atoms with Crippen molar-refractivity contribution in [3.05, 3.63) is 24.9 Å². The van der Waals surface area contributed by atoms with Crippen molar-refractivity contribution < 1.29 is 0 Å². The third kappa shape index (κ3) is 4.15. The van der Waals surface area contributed by atoms with Crippen LogP contribution in [0.4, 0.5) is 0 Å². The zero-order valence-corrected chi connectivity index (χ0v) is 6.97. The van der Waals surface area contributed by atoms with Crippen LogP contribution in [-0.4, -0.2) is 17.2 Å². The standard InChI is InChI=1S/C7H11ClN2/c1-4-6-7(8)9-10(3)5-2/h4-6H,2H2,1,3H3/b6-4-,9-7+. The Morgan fingerprint density at radius 3 is 2.70 bits per heavy atom. The van der Waals surface area contributed by atoms with Crippen LogP contribution in [0.2, 0.25) is 0 Å². The average molecular weight is 159 g/mol. The molecule has 0 saturated heterocycles. The minimum atomic E-state index is 0.449. The lowest BCUT2D eigenvalue weighted by molar-refractivity contribution is 0.494. The summed E-state index contributed by atoms with van der Waals surface area (Å²) in [6, 6.07) is 0. The summed E-state index contributed by atoms with van der Waals surface area (Å²) >= 11 is 5.63. The number of nitrogens with zero attached hydrogens (tertiary/aromatic N) is 2. The molecule has 0 aromatic rings. The normalized spacial score (nSPS) is 12.1.